The average molecular weight is 443 g/mol. The molecule has 0 saturated heterocycles. The number of nitrogens with zero attached hydrogens (tertiary/aromatic N) is 1. The highest BCUT2D eigenvalue weighted by Crippen LogP contribution is 2.23. The number of carbonyl (C=O) groups excluding carboxylic acids is 1. The van der Waals surface area contributed by atoms with E-state index in [1.807, 2.05) is 60.7 Å². The normalized spacial score (nSPS) is 10.7. The quantitative estimate of drug-likeness (QED) is 0.373. The van der Waals surface area contributed by atoms with E-state index in [2.05, 4.69) is 20.9 Å². The highest BCUT2D eigenvalue weighted by atomic mass is 16.4. The van der Waals surface area contributed by atoms with Gasteiger partial charge in [0.15, 0.2) is 0 Å². The van der Waals surface area contributed by atoms with Gasteiger partial charge in [-0.15, -0.1) is 0 Å². The summed E-state index contributed by atoms with van der Waals surface area (Å²) in [5.41, 5.74) is 3.51. The van der Waals surface area contributed by atoms with Gasteiger partial charge >= 0.3 is 11.7 Å². The minimum atomic E-state index is -0.493. The van der Waals surface area contributed by atoms with Gasteiger partial charge in [-0.1, -0.05) is 60.7 Å². The van der Waals surface area contributed by atoms with E-state index >= 15 is 0 Å². The summed E-state index contributed by atoms with van der Waals surface area (Å²) in [7, 11) is 0. The Morgan fingerprint density at radius 2 is 1.52 bits per heavy atom. The number of fused-ring (bicyclic) bond motifs is 1. The van der Waals surface area contributed by atoms with Gasteiger partial charge in [0.2, 0.25) is 0 Å². The first-order valence-electron chi connectivity index (χ1n) is 10.9. The molecule has 0 aliphatic heterocycles. The maximum atomic E-state index is 12.6. The van der Waals surface area contributed by atoms with Crippen molar-refractivity contribution in [3.05, 3.63) is 99.9 Å². The van der Waals surface area contributed by atoms with Crippen molar-refractivity contribution in [2.75, 3.05) is 23.7 Å². The molecule has 7 nitrogen and oxygen atoms in total. The Hall–Kier alpha value is -4.13. The van der Waals surface area contributed by atoms with Crippen molar-refractivity contribution in [3.63, 3.8) is 0 Å². The first-order chi connectivity index (χ1) is 16.1. The van der Waals surface area contributed by atoms with Crippen molar-refractivity contribution in [2.24, 2.45) is 0 Å². The Labute approximate surface area is 191 Å². The zero-order valence-corrected chi connectivity index (χ0v) is 18.4. The third-order valence-corrected chi connectivity index (χ3v) is 5.38. The van der Waals surface area contributed by atoms with E-state index in [-0.39, 0.29) is 12.0 Å². The van der Waals surface area contributed by atoms with Crippen molar-refractivity contribution in [2.45, 2.75) is 19.8 Å². The van der Waals surface area contributed by atoms with Crippen LogP contribution >= 0.6 is 0 Å². The molecule has 2 amide bonds. The zero-order valence-electron chi connectivity index (χ0n) is 18.4. The first-order valence-corrected chi connectivity index (χ1v) is 10.9. The Kier molecular flexibility index (Phi) is 6.99. The molecule has 0 radical (unpaired) electrons. The summed E-state index contributed by atoms with van der Waals surface area (Å²) < 4.78 is 5.38. The Balaban J connectivity index is 1.39. The van der Waals surface area contributed by atoms with Gasteiger partial charge in [-0.25, -0.2) is 9.59 Å². The molecule has 3 aromatic carbocycles. The molecule has 0 atom stereocenters. The molecule has 0 saturated carbocycles. The fourth-order valence-electron chi connectivity index (χ4n) is 3.62. The minimum Gasteiger partial charge on any atom is -0.389 e. The molecule has 33 heavy (non-hydrogen) atoms. The molecule has 4 rings (SSSR count). The summed E-state index contributed by atoms with van der Waals surface area (Å²) >= 11 is 0. The smallest absolute Gasteiger partial charge is 0.348 e. The van der Waals surface area contributed by atoms with E-state index in [0.29, 0.717) is 35.2 Å². The molecule has 168 valence electrons. The van der Waals surface area contributed by atoms with E-state index in [0.717, 1.165) is 18.4 Å². The lowest BCUT2D eigenvalue weighted by molar-refractivity contribution is 0.252. The molecule has 0 aliphatic rings. The van der Waals surface area contributed by atoms with Crippen LogP contribution in [0.1, 0.15) is 16.7 Å². The number of nitrogens with one attached hydrogen (secondary N) is 3. The van der Waals surface area contributed by atoms with Crippen LogP contribution in [0.3, 0.4) is 0 Å². The number of urea groups is 1. The number of benzene rings is 3. The van der Waals surface area contributed by atoms with Crippen molar-refractivity contribution in [1.82, 2.24) is 10.3 Å². The lowest BCUT2D eigenvalue weighted by atomic mass is 10.1. The van der Waals surface area contributed by atoms with Crippen molar-refractivity contribution in [1.29, 1.82) is 0 Å². The minimum absolute atomic E-state index is 0.183. The largest absolute Gasteiger partial charge is 0.389 e. The number of aryl methyl sites for hydroxylation is 1. The lowest BCUT2D eigenvalue weighted by Crippen LogP contribution is -2.30. The number of carbonyl (C=O) groups is 1. The van der Waals surface area contributed by atoms with Crippen LogP contribution < -0.4 is 21.6 Å². The van der Waals surface area contributed by atoms with Gasteiger partial charge in [0.25, 0.3) is 6.01 Å². The lowest BCUT2D eigenvalue weighted by Gasteiger charge is -2.12. The fourth-order valence-corrected chi connectivity index (χ4v) is 3.62. The van der Waals surface area contributed by atoms with Crippen LogP contribution in [-0.4, -0.2) is 24.1 Å². The topological polar surface area (TPSA) is 96.3 Å². The molecule has 0 spiro atoms. The van der Waals surface area contributed by atoms with Crippen LogP contribution in [-0.2, 0) is 12.8 Å². The summed E-state index contributed by atoms with van der Waals surface area (Å²) in [6.07, 6.45) is 1.52. The molecular weight excluding hydrogens is 416 g/mol. The second-order valence-electron chi connectivity index (χ2n) is 7.72. The van der Waals surface area contributed by atoms with Gasteiger partial charge in [0.05, 0.1) is 10.9 Å². The van der Waals surface area contributed by atoms with Crippen molar-refractivity contribution < 1.29 is 9.21 Å². The monoisotopic (exact) mass is 442 g/mol. The van der Waals surface area contributed by atoms with E-state index in [1.165, 1.54) is 5.56 Å². The summed E-state index contributed by atoms with van der Waals surface area (Å²) in [5, 5.41) is 9.07. The van der Waals surface area contributed by atoms with Gasteiger partial charge in [0, 0.05) is 18.8 Å². The van der Waals surface area contributed by atoms with Crippen LogP contribution in [0.4, 0.5) is 16.5 Å². The van der Waals surface area contributed by atoms with Gasteiger partial charge in [-0.3, -0.25) is 0 Å². The number of anilines is 2. The standard InChI is InChI=1S/C26H26N4O3/c1-18-21(29-25(32)27-16-14-19-8-4-2-5-9-19)12-13-22-23(18)24(31)33-26(30-22)28-17-15-20-10-6-3-7-11-20/h2-13H,14-17H2,1H3,(H,28,30)(H2,27,29,32). The molecular formula is C26H26N4O3. The molecule has 4 aromatic rings. The van der Waals surface area contributed by atoms with Gasteiger partial charge in [0.1, 0.15) is 0 Å². The van der Waals surface area contributed by atoms with Crippen LogP contribution in [0, 0.1) is 6.92 Å². The Morgan fingerprint density at radius 1 is 0.879 bits per heavy atom. The van der Waals surface area contributed by atoms with Crippen molar-refractivity contribution in [3.8, 4) is 0 Å². The highest BCUT2D eigenvalue weighted by molar-refractivity contribution is 5.95. The Bertz CT molecular complexity index is 1290. The van der Waals surface area contributed by atoms with Gasteiger partial charge in [-0.2, -0.15) is 4.98 Å². The van der Waals surface area contributed by atoms with Crippen LogP contribution in [0.5, 0.6) is 0 Å². The molecule has 1 aromatic heterocycles. The number of hydrogen-bond acceptors (Lipinski definition) is 5. The van der Waals surface area contributed by atoms with Gasteiger partial charge < -0.3 is 20.4 Å². The van der Waals surface area contributed by atoms with E-state index in [9.17, 15) is 9.59 Å². The molecule has 0 fully saturated rings. The summed E-state index contributed by atoms with van der Waals surface area (Å²) in [4.78, 5) is 29.4. The SMILES string of the molecule is Cc1c(NC(=O)NCCc2ccccc2)ccc2nc(NCCc3ccccc3)oc(=O)c12. The Morgan fingerprint density at radius 3 is 2.18 bits per heavy atom. The maximum absolute atomic E-state index is 12.6. The van der Waals surface area contributed by atoms with E-state index in [4.69, 9.17) is 4.42 Å². The summed E-state index contributed by atoms with van der Waals surface area (Å²) in [6, 6.07) is 23.3. The second-order valence-corrected chi connectivity index (χ2v) is 7.72. The fraction of sp³-hybridized carbons (Fsp3) is 0.192. The predicted octanol–water partition coefficient (Wildman–Crippen LogP) is 4.52. The molecule has 0 bridgehead atoms. The number of hydrogen-bond donors (Lipinski definition) is 3. The number of aromatic nitrogens is 1. The third kappa shape index (κ3) is 5.77. The third-order valence-electron chi connectivity index (χ3n) is 5.38. The second kappa shape index (κ2) is 10.5. The maximum Gasteiger partial charge on any atom is 0.348 e. The molecule has 3 N–H and O–H groups in total. The summed E-state index contributed by atoms with van der Waals surface area (Å²) in [5.74, 6) is 0. The summed E-state index contributed by atoms with van der Waals surface area (Å²) in [6.45, 7) is 2.86. The molecule has 0 aliphatic carbocycles. The van der Waals surface area contributed by atoms with Crippen LogP contribution in [0.25, 0.3) is 10.9 Å². The molecule has 1 heterocycles. The number of rotatable bonds is 8. The predicted molar refractivity (Wildman–Crippen MR) is 131 cm³/mol. The molecule has 0 unspecified atom stereocenters. The van der Waals surface area contributed by atoms with Crippen LogP contribution in [0.15, 0.2) is 82.0 Å². The van der Waals surface area contributed by atoms with Crippen molar-refractivity contribution >= 4 is 28.6 Å². The van der Waals surface area contributed by atoms with E-state index < -0.39 is 5.63 Å². The first kappa shape index (κ1) is 22.1. The average Bonchev–Trinajstić information content (AvgIpc) is 2.82. The zero-order chi connectivity index (χ0) is 23.0. The highest BCUT2D eigenvalue weighted by Gasteiger charge is 2.13. The number of amides is 2. The van der Waals surface area contributed by atoms with Crippen LogP contribution in [0.2, 0.25) is 0 Å². The molecule has 7 heteroatoms. The van der Waals surface area contributed by atoms with Gasteiger partial charge in [-0.05, 0) is 48.6 Å². The van der Waals surface area contributed by atoms with E-state index in [1.54, 1.807) is 19.1 Å².